The van der Waals surface area contributed by atoms with Gasteiger partial charge in [0.05, 0.1) is 23.6 Å². The summed E-state index contributed by atoms with van der Waals surface area (Å²) < 4.78 is 13.5. The first-order valence-electron chi connectivity index (χ1n) is 6.93. The molecule has 3 rings (SSSR count). The second-order valence-electron chi connectivity index (χ2n) is 5.19. The van der Waals surface area contributed by atoms with Crippen molar-refractivity contribution in [1.82, 2.24) is 4.90 Å². The van der Waals surface area contributed by atoms with Gasteiger partial charge in [-0.2, -0.15) is 0 Å². The Kier molecular flexibility index (Phi) is 3.65. The maximum absolute atomic E-state index is 13.5. The lowest BCUT2D eigenvalue weighted by atomic mass is 10.0. The Hall–Kier alpha value is -3.02. The number of carbonyl (C=O) groups excluding carboxylic acids is 2. The van der Waals surface area contributed by atoms with E-state index in [9.17, 15) is 18.8 Å². The number of fused-ring (bicyclic) bond motifs is 1. The van der Waals surface area contributed by atoms with Gasteiger partial charge in [-0.15, -0.1) is 0 Å². The van der Waals surface area contributed by atoms with Crippen LogP contribution in [0.2, 0.25) is 0 Å². The number of hydrogen-bond donors (Lipinski definition) is 1. The summed E-state index contributed by atoms with van der Waals surface area (Å²) in [6.07, 6.45) is -0.491. The van der Waals surface area contributed by atoms with Crippen LogP contribution in [0.5, 0.6) is 0 Å². The molecule has 23 heavy (non-hydrogen) atoms. The molecule has 1 aliphatic rings. The number of carbonyl (C=O) groups is 3. The maximum atomic E-state index is 13.5. The van der Waals surface area contributed by atoms with Gasteiger partial charge in [-0.25, -0.2) is 4.39 Å². The van der Waals surface area contributed by atoms with E-state index < -0.39 is 36.1 Å². The molecule has 1 aliphatic heterocycles. The van der Waals surface area contributed by atoms with Crippen LogP contribution in [0.4, 0.5) is 4.39 Å². The third-order valence-electron chi connectivity index (χ3n) is 3.74. The fourth-order valence-corrected chi connectivity index (χ4v) is 2.73. The summed E-state index contributed by atoms with van der Waals surface area (Å²) in [5.74, 6) is -2.88. The number of benzene rings is 2. The van der Waals surface area contributed by atoms with Crippen LogP contribution in [0.3, 0.4) is 0 Å². The predicted molar refractivity (Wildman–Crippen MR) is 78.3 cm³/mol. The lowest BCUT2D eigenvalue weighted by molar-refractivity contribution is -0.138. The highest BCUT2D eigenvalue weighted by atomic mass is 19.1. The summed E-state index contributed by atoms with van der Waals surface area (Å²) in [6.45, 7) is 0. The zero-order valence-corrected chi connectivity index (χ0v) is 11.9. The van der Waals surface area contributed by atoms with Crippen LogP contribution in [-0.2, 0) is 4.79 Å². The lowest BCUT2D eigenvalue weighted by Gasteiger charge is -2.25. The SMILES string of the molecule is O=C(O)CC(c1cccc(F)c1)N1C(=O)c2ccccc2C1=O. The summed E-state index contributed by atoms with van der Waals surface area (Å²) in [6, 6.07) is 10.5. The Labute approximate surface area is 131 Å². The van der Waals surface area contributed by atoms with Crippen LogP contribution >= 0.6 is 0 Å². The summed E-state index contributed by atoms with van der Waals surface area (Å²) in [7, 11) is 0. The Balaban J connectivity index is 2.07. The highest BCUT2D eigenvalue weighted by Gasteiger charge is 2.41. The summed E-state index contributed by atoms with van der Waals surface area (Å²) >= 11 is 0. The Morgan fingerprint density at radius 2 is 1.65 bits per heavy atom. The van der Waals surface area contributed by atoms with Crippen molar-refractivity contribution in [3.63, 3.8) is 0 Å². The van der Waals surface area contributed by atoms with Gasteiger partial charge in [-0.3, -0.25) is 19.3 Å². The minimum atomic E-state index is -1.18. The standard InChI is InChI=1S/C17H12FNO4/c18-11-5-3-4-10(8-11)14(9-15(20)21)19-16(22)12-6-1-2-7-13(12)17(19)23/h1-8,14H,9H2,(H,20,21). The highest BCUT2D eigenvalue weighted by molar-refractivity contribution is 6.21. The molecule has 2 aromatic carbocycles. The maximum Gasteiger partial charge on any atom is 0.305 e. The van der Waals surface area contributed by atoms with Crippen molar-refractivity contribution < 1.29 is 23.9 Å². The molecule has 5 nitrogen and oxygen atoms in total. The lowest BCUT2D eigenvalue weighted by Crippen LogP contribution is -2.35. The first-order chi connectivity index (χ1) is 11.0. The smallest absolute Gasteiger partial charge is 0.305 e. The Morgan fingerprint density at radius 3 is 2.17 bits per heavy atom. The molecule has 0 fully saturated rings. The number of aliphatic carboxylic acids is 1. The van der Waals surface area contributed by atoms with Crippen LogP contribution in [0.15, 0.2) is 48.5 Å². The number of rotatable bonds is 4. The van der Waals surface area contributed by atoms with E-state index in [0.717, 1.165) is 11.0 Å². The first kappa shape index (κ1) is 14.9. The summed E-state index contributed by atoms with van der Waals surface area (Å²) in [5, 5.41) is 9.12. The van der Waals surface area contributed by atoms with Crippen molar-refractivity contribution in [1.29, 1.82) is 0 Å². The molecular formula is C17H12FNO4. The number of hydrogen-bond acceptors (Lipinski definition) is 3. The molecule has 6 heteroatoms. The van der Waals surface area contributed by atoms with Crippen LogP contribution in [0, 0.1) is 5.82 Å². The third kappa shape index (κ3) is 2.59. The molecular weight excluding hydrogens is 301 g/mol. The molecule has 116 valence electrons. The third-order valence-corrected chi connectivity index (χ3v) is 3.74. The van der Waals surface area contributed by atoms with E-state index in [1.165, 1.54) is 30.3 Å². The monoisotopic (exact) mass is 313 g/mol. The molecule has 1 N–H and O–H groups in total. The fourth-order valence-electron chi connectivity index (χ4n) is 2.73. The van der Waals surface area contributed by atoms with Gasteiger partial charge in [0.1, 0.15) is 5.82 Å². The molecule has 0 radical (unpaired) electrons. The molecule has 2 amide bonds. The van der Waals surface area contributed by atoms with Crippen molar-refractivity contribution >= 4 is 17.8 Å². The van der Waals surface area contributed by atoms with Crippen molar-refractivity contribution in [2.24, 2.45) is 0 Å². The largest absolute Gasteiger partial charge is 0.481 e. The van der Waals surface area contributed by atoms with Gasteiger partial charge in [0.2, 0.25) is 0 Å². The molecule has 1 heterocycles. The van der Waals surface area contributed by atoms with Gasteiger partial charge in [0, 0.05) is 0 Å². The van der Waals surface area contributed by atoms with E-state index in [1.807, 2.05) is 0 Å². The van der Waals surface area contributed by atoms with Crippen LogP contribution in [-0.4, -0.2) is 27.8 Å². The molecule has 0 saturated heterocycles. The average Bonchev–Trinajstić information content (AvgIpc) is 2.77. The highest BCUT2D eigenvalue weighted by Crippen LogP contribution is 2.33. The van der Waals surface area contributed by atoms with Crippen LogP contribution in [0.25, 0.3) is 0 Å². The van der Waals surface area contributed by atoms with E-state index in [4.69, 9.17) is 5.11 Å². The average molecular weight is 313 g/mol. The molecule has 1 atom stereocenters. The number of carboxylic acids is 1. The quantitative estimate of drug-likeness (QED) is 0.881. The predicted octanol–water partition coefficient (Wildman–Crippen LogP) is 2.64. The normalized spacial score (nSPS) is 14.7. The van der Waals surface area contributed by atoms with Crippen molar-refractivity contribution in [2.75, 3.05) is 0 Å². The molecule has 0 aliphatic carbocycles. The van der Waals surface area contributed by atoms with Gasteiger partial charge in [0.15, 0.2) is 0 Å². The van der Waals surface area contributed by atoms with Gasteiger partial charge in [0.25, 0.3) is 11.8 Å². The van der Waals surface area contributed by atoms with Crippen molar-refractivity contribution in [2.45, 2.75) is 12.5 Å². The number of carboxylic acid groups (broad SMARTS) is 1. The first-order valence-corrected chi connectivity index (χ1v) is 6.93. The van der Waals surface area contributed by atoms with Gasteiger partial charge < -0.3 is 5.11 Å². The molecule has 0 aromatic heterocycles. The van der Waals surface area contributed by atoms with Crippen LogP contribution in [0.1, 0.15) is 38.7 Å². The Morgan fingerprint density at radius 1 is 1.04 bits per heavy atom. The zero-order chi connectivity index (χ0) is 16.6. The van der Waals surface area contributed by atoms with E-state index in [0.29, 0.717) is 0 Å². The van der Waals surface area contributed by atoms with Crippen molar-refractivity contribution in [3.05, 3.63) is 71.0 Å². The number of nitrogens with zero attached hydrogens (tertiary/aromatic N) is 1. The minimum Gasteiger partial charge on any atom is -0.481 e. The second kappa shape index (κ2) is 5.64. The van der Waals surface area contributed by atoms with E-state index in [2.05, 4.69) is 0 Å². The summed E-state index contributed by atoms with van der Waals surface area (Å²) in [4.78, 5) is 37.1. The van der Waals surface area contributed by atoms with Crippen LogP contribution < -0.4 is 0 Å². The summed E-state index contributed by atoms with van der Waals surface area (Å²) in [5.41, 5.74) is 0.718. The number of amides is 2. The fraction of sp³-hybridized carbons (Fsp3) is 0.118. The second-order valence-corrected chi connectivity index (χ2v) is 5.19. The number of imide groups is 1. The topological polar surface area (TPSA) is 74.7 Å². The molecule has 2 aromatic rings. The molecule has 0 saturated carbocycles. The Bertz CT molecular complexity index is 783. The molecule has 0 bridgehead atoms. The van der Waals surface area contributed by atoms with Gasteiger partial charge in [-0.05, 0) is 29.8 Å². The van der Waals surface area contributed by atoms with E-state index in [-0.39, 0.29) is 16.7 Å². The van der Waals surface area contributed by atoms with Crippen molar-refractivity contribution in [3.8, 4) is 0 Å². The zero-order valence-electron chi connectivity index (χ0n) is 11.9. The van der Waals surface area contributed by atoms with Gasteiger partial charge >= 0.3 is 5.97 Å². The molecule has 1 unspecified atom stereocenters. The van der Waals surface area contributed by atoms with Gasteiger partial charge in [-0.1, -0.05) is 24.3 Å². The van der Waals surface area contributed by atoms with E-state index in [1.54, 1.807) is 12.1 Å². The minimum absolute atomic E-state index is 0.226. The number of halogens is 1. The van der Waals surface area contributed by atoms with E-state index >= 15 is 0 Å². The molecule has 0 spiro atoms.